The minimum Gasteiger partial charge on any atom is -0.135 e. The van der Waals surface area contributed by atoms with Gasteiger partial charge in [-0.1, -0.05) is 97.0 Å². The Morgan fingerprint density at radius 1 is 0.632 bits per heavy atom. The monoisotopic (exact) mass is 284 g/mol. The Morgan fingerprint density at radius 2 is 1.00 bits per heavy atom. The van der Waals surface area contributed by atoms with Gasteiger partial charge in [0.1, 0.15) is 0 Å². The van der Waals surface area contributed by atoms with E-state index in [1.54, 1.807) is 0 Å². The molecule has 0 saturated heterocycles. The van der Waals surface area contributed by atoms with E-state index in [1.165, 1.54) is 95.6 Å². The number of hydrogen-bond donors (Lipinski definition) is 0. The zero-order valence-corrected chi connectivity index (χ0v) is 14.1. The van der Waals surface area contributed by atoms with Crippen molar-refractivity contribution in [3.05, 3.63) is 12.0 Å². The molecule has 0 aromatic heterocycles. The van der Waals surface area contributed by atoms with Gasteiger partial charge >= 0.3 is 0 Å². The van der Waals surface area contributed by atoms with Crippen LogP contribution in [0.15, 0.2) is 12.0 Å². The van der Waals surface area contributed by atoms with E-state index >= 15 is 0 Å². The standard InChI is InChI=1S/C18H36S/c1-3-5-6-7-8-9-10-11-12-13-14-15-16-17-18-19-4-2/h4H,2-3,5-18H2,1H3. The van der Waals surface area contributed by atoms with Gasteiger partial charge in [-0.15, -0.1) is 11.8 Å². The molecule has 0 aromatic carbocycles. The Bertz CT molecular complexity index is 165. The highest BCUT2D eigenvalue weighted by atomic mass is 32.2. The average molecular weight is 285 g/mol. The van der Waals surface area contributed by atoms with Gasteiger partial charge in [-0.25, -0.2) is 0 Å². The maximum absolute atomic E-state index is 3.73. The van der Waals surface area contributed by atoms with Crippen LogP contribution in [0.2, 0.25) is 0 Å². The molecule has 0 heterocycles. The van der Waals surface area contributed by atoms with Crippen molar-refractivity contribution in [1.82, 2.24) is 0 Å². The number of rotatable bonds is 16. The van der Waals surface area contributed by atoms with Crippen molar-refractivity contribution in [3.8, 4) is 0 Å². The predicted octanol–water partition coefficient (Wildman–Crippen LogP) is 7.34. The van der Waals surface area contributed by atoms with E-state index in [2.05, 4.69) is 13.5 Å². The van der Waals surface area contributed by atoms with E-state index in [1.807, 2.05) is 17.2 Å². The van der Waals surface area contributed by atoms with Gasteiger partial charge in [-0.2, -0.15) is 0 Å². The van der Waals surface area contributed by atoms with Crippen LogP contribution in [-0.2, 0) is 0 Å². The molecule has 0 fully saturated rings. The van der Waals surface area contributed by atoms with E-state index in [9.17, 15) is 0 Å². The Kier molecular flexibility index (Phi) is 18.2. The highest BCUT2D eigenvalue weighted by Crippen LogP contribution is 2.13. The van der Waals surface area contributed by atoms with Gasteiger partial charge in [0, 0.05) is 0 Å². The summed E-state index contributed by atoms with van der Waals surface area (Å²) in [6.07, 6.45) is 20.2. The summed E-state index contributed by atoms with van der Waals surface area (Å²) in [7, 11) is 0. The SMILES string of the molecule is C=CSCCCCCCCCCCCCCCCC. The molecule has 0 atom stereocenters. The van der Waals surface area contributed by atoms with Gasteiger partial charge in [0.15, 0.2) is 0 Å². The van der Waals surface area contributed by atoms with Crippen molar-refractivity contribution >= 4 is 11.8 Å². The average Bonchev–Trinajstić information content (AvgIpc) is 2.43. The number of thioether (sulfide) groups is 1. The molecule has 0 bridgehead atoms. The first-order chi connectivity index (χ1) is 9.41. The van der Waals surface area contributed by atoms with Gasteiger partial charge in [0.05, 0.1) is 0 Å². The molecule has 19 heavy (non-hydrogen) atoms. The molecule has 0 unspecified atom stereocenters. The van der Waals surface area contributed by atoms with Gasteiger partial charge in [0.2, 0.25) is 0 Å². The minimum absolute atomic E-state index is 1.27. The highest BCUT2D eigenvalue weighted by Gasteiger charge is 1.93. The summed E-state index contributed by atoms with van der Waals surface area (Å²) in [4.78, 5) is 0. The second-order valence-electron chi connectivity index (χ2n) is 5.63. The lowest BCUT2D eigenvalue weighted by atomic mass is 10.0. The fraction of sp³-hybridized carbons (Fsp3) is 0.889. The van der Waals surface area contributed by atoms with Crippen LogP contribution < -0.4 is 0 Å². The molecule has 114 valence electrons. The van der Waals surface area contributed by atoms with Crippen LogP contribution in [-0.4, -0.2) is 5.75 Å². The van der Waals surface area contributed by atoms with E-state index in [-0.39, 0.29) is 0 Å². The first-order valence-corrected chi connectivity index (χ1v) is 9.69. The summed E-state index contributed by atoms with van der Waals surface area (Å²) < 4.78 is 0. The fourth-order valence-electron chi connectivity index (χ4n) is 2.46. The van der Waals surface area contributed by atoms with Gasteiger partial charge < -0.3 is 0 Å². The quantitative estimate of drug-likeness (QED) is 0.267. The van der Waals surface area contributed by atoms with Gasteiger partial charge in [-0.05, 0) is 17.6 Å². The maximum atomic E-state index is 3.73. The van der Waals surface area contributed by atoms with Crippen LogP contribution in [0.25, 0.3) is 0 Å². The second kappa shape index (κ2) is 18.1. The van der Waals surface area contributed by atoms with Crippen LogP contribution in [0, 0.1) is 0 Å². The van der Waals surface area contributed by atoms with Crippen LogP contribution >= 0.6 is 11.8 Å². The first kappa shape index (κ1) is 19.1. The van der Waals surface area contributed by atoms with Crippen LogP contribution in [0.1, 0.15) is 96.8 Å². The molecule has 0 aromatic rings. The van der Waals surface area contributed by atoms with E-state index in [4.69, 9.17) is 0 Å². The molecule has 0 aliphatic heterocycles. The lowest BCUT2D eigenvalue weighted by molar-refractivity contribution is 0.538. The fourth-order valence-corrected chi connectivity index (χ4v) is 3.00. The third-order valence-electron chi connectivity index (χ3n) is 3.73. The van der Waals surface area contributed by atoms with E-state index < -0.39 is 0 Å². The Balaban J connectivity index is 2.89. The molecular weight excluding hydrogens is 248 g/mol. The van der Waals surface area contributed by atoms with Crippen molar-refractivity contribution in [1.29, 1.82) is 0 Å². The lowest BCUT2D eigenvalue weighted by Crippen LogP contribution is -1.83. The summed E-state index contributed by atoms with van der Waals surface area (Å²) in [6, 6.07) is 0. The second-order valence-corrected chi connectivity index (χ2v) is 6.71. The Labute approximate surface area is 126 Å². The normalized spacial score (nSPS) is 10.8. The van der Waals surface area contributed by atoms with Crippen molar-refractivity contribution in [2.75, 3.05) is 5.75 Å². The molecule has 0 saturated carbocycles. The first-order valence-electron chi connectivity index (χ1n) is 8.64. The zero-order chi connectivity index (χ0) is 14.0. The van der Waals surface area contributed by atoms with Crippen molar-refractivity contribution in [2.24, 2.45) is 0 Å². The van der Waals surface area contributed by atoms with Crippen molar-refractivity contribution in [2.45, 2.75) is 96.8 Å². The zero-order valence-electron chi connectivity index (χ0n) is 13.3. The molecule has 0 radical (unpaired) electrons. The van der Waals surface area contributed by atoms with Crippen LogP contribution in [0.5, 0.6) is 0 Å². The van der Waals surface area contributed by atoms with Crippen molar-refractivity contribution < 1.29 is 0 Å². The van der Waals surface area contributed by atoms with E-state index in [0.29, 0.717) is 0 Å². The molecule has 0 nitrogen and oxygen atoms in total. The minimum atomic E-state index is 1.27. The summed E-state index contributed by atoms with van der Waals surface area (Å²) in [5.41, 5.74) is 0. The van der Waals surface area contributed by atoms with Crippen LogP contribution in [0.3, 0.4) is 0 Å². The Hall–Kier alpha value is 0.0900. The molecule has 0 aliphatic rings. The third kappa shape index (κ3) is 18.1. The lowest BCUT2D eigenvalue weighted by Gasteiger charge is -2.03. The Morgan fingerprint density at radius 3 is 1.37 bits per heavy atom. The molecule has 0 N–H and O–H groups in total. The molecular formula is C18H36S. The molecule has 0 rings (SSSR count). The number of unbranched alkanes of at least 4 members (excludes halogenated alkanes) is 13. The van der Waals surface area contributed by atoms with Crippen molar-refractivity contribution in [3.63, 3.8) is 0 Å². The van der Waals surface area contributed by atoms with Gasteiger partial charge in [0.25, 0.3) is 0 Å². The van der Waals surface area contributed by atoms with Crippen LogP contribution in [0.4, 0.5) is 0 Å². The summed E-state index contributed by atoms with van der Waals surface area (Å²) >= 11 is 1.86. The maximum Gasteiger partial charge on any atom is -0.00262 e. The number of hydrogen-bond acceptors (Lipinski definition) is 1. The third-order valence-corrected chi connectivity index (χ3v) is 4.49. The summed E-state index contributed by atoms with van der Waals surface area (Å²) in [6.45, 7) is 6.02. The smallest absolute Gasteiger partial charge is 0.00262 e. The molecule has 0 spiro atoms. The predicted molar refractivity (Wildman–Crippen MR) is 93.0 cm³/mol. The summed E-state index contributed by atoms with van der Waals surface area (Å²) in [5, 5.41) is 1.96. The largest absolute Gasteiger partial charge is 0.135 e. The summed E-state index contributed by atoms with van der Waals surface area (Å²) in [5.74, 6) is 1.27. The van der Waals surface area contributed by atoms with Gasteiger partial charge in [-0.3, -0.25) is 0 Å². The molecule has 0 aliphatic carbocycles. The topological polar surface area (TPSA) is 0 Å². The highest BCUT2D eigenvalue weighted by molar-refractivity contribution is 8.02. The molecule has 1 heteroatoms. The van der Waals surface area contributed by atoms with E-state index in [0.717, 1.165) is 0 Å². The molecule has 0 amide bonds.